The third-order valence-electron chi connectivity index (χ3n) is 1.80. The molecule has 0 bridgehead atoms. The molecule has 0 spiro atoms. The summed E-state index contributed by atoms with van der Waals surface area (Å²) in [6.45, 7) is 1.65. The van der Waals surface area contributed by atoms with E-state index in [2.05, 4.69) is 4.74 Å². The van der Waals surface area contributed by atoms with E-state index in [0.717, 1.165) is 6.07 Å². The second-order valence-electron chi connectivity index (χ2n) is 3.14. The van der Waals surface area contributed by atoms with Crippen LogP contribution in [0.2, 0.25) is 0 Å². The van der Waals surface area contributed by atoms with Gasteiger partial charge in [-0.1, -0.05) is 0 Å². The first-order chi connectivity index (χ1) is 8.13. The Morgan fingerprint density at radius 1 is 1.06 bits per heavy atom. The van der Waals surface area contributed by atoms with E-state index in [9.17, 15) is 26.3 Å². The Morgan fingerprint density at radius 3 is 2.11 bits per heavy atom. The molecule has 0 aliphatic heterocycles. The van der Waals surface area contributed by atoms with Crippen molar-refractivity contribution in [3.63, 3.8) is 0 Å². The van der Waals surface area contributed by atoms with Gasteiger partial charge < -0.3 is 9.47 Å². The first-order valence-electron chi connectivity index (χ1n) is 4.73. The van der Waals surface area contributed by atoms with Crippen LogP contribution in [0.25, 0.3) is 0 Å². The lowest BCUT2D eigenvalue weighted by Crippen LogP contribution is -2.20. The minimum Gasteiger partial charge on any atom is -0.494 e. The summed E-state index contributed by atoms with van der Waals surface area (Å²) in [7, 11) is 0. The lowest BCUT2D eigenvalue weighted by molar-refractivity contribution is -0.276. The highest BCUT2D eigenvalue weighted by molar-refractivity contribution is 5.42. The van der Waals surface area contributed by atoms with Gasteiger partial charge in [-0.25, -0.2) is 0 Å². The summed E-state index contributed by atoms with van der Waals surface area (Å²) in [5.74, 6) is -1.47. The first kappa shape index (κ1) is 14.5. The quantitative estimate of drug-likeness (QED) is 0.775. The molecule has 0 N–H and O–H groups in total. The van der Waals surface area contributed by atoms with E-state index in [1.165, 1.54) is 0 Å². The van der Waals surface area contributed by atoms with Crippen LogP contribution in [0.3, 0.4) is 0 Å². The largest absolute Gasteiger partial charge is 0.573 e. The van der Waals surface area contributed by atoms with Crippen LogP contribution in [-0.2, 0) is 6.18 Å². The standard InChI is InChI=1S/C10H8F6O2/c1-2-17-6-3-4-7(9(11,12)13)8(5-6)18-10(14,15)16/h3-5H,2H2,1H3. The summed E-state index contributed by atoms with van der Waals surface area (Å²) in [6.07, 6.45) is -10.1. The maximum Gasteiger partial charge on any atom is 0.573 e. The molecule has 102 valence electrons. The normalized spacial score (nSPS) is 12.4. The number of benzene rings is 1. The van der Waals surface area contributed by atoms with Gasteiger partial charge in [-0.05, 0) is 19.1 Å². The van der Waals surface area contributed by atoms with Crippen molar-refractivity contribution in [3.8, 4) is 11.5 Å². The van der Waals surface area contributed by atoms with Gasteiger partial charge in [-0.2, -0.15) is 13.2 Å². The van der Waals surface area contributed by atoms with Gasteiger partial charge in [-0.15, -0.1) is 13.2 Å². The minimum atomic E-state index is -5.20. The van der Waals surface area contributed by atoms with E-state index in [-0.39, 0.29) is 12.4 Å². The molecule has 0 aliphatic rings. The summed E-state index contributed by atoms with van der Waals surface area (Å²) >= 11 is 0. The zero-order chi connectivity index (χ0) is 14.0. The number of hydrogen-bond acceptors (Lipinski definition) is 2. The fraction of sp³-hybridized carbons (Fsp3) is 0.400. The third kappa shape index (κ3) is 4.01. The lowest BCUT2D eigenvalue weighted by Gasteiger charge is -2.16. The predicted molar refractivity (Wildman–Crippen MR) is 49.3 cm³/mol. The molecule has 0 fully saturated rings. The van der Waals surface area contributed by atoms with Crippen molar-refractivity contribution in [3.05, 3.63) is 23.8 Å². The van der Waals surface area contributed by atoms with Gasteiger partial charge in [0, 0.05) is 6.07 Å². The molecule has 18 heavy (non-hydrogen) atoms. The summed E-state index contributed by atoms with van der Waals surface area (Å²) in [5, 5.41) is 0. The van der Waals surface area contributed by atoms with Crippen molar-refractivity contribution in [2.24, 2.45) is 0 Å². The maximum atomic E-state index is 12.5. The van der Waals surface area contributed by atoms with E-state index in [4.69, 9.17) is 4.74 Å². The molecular weight excluding hydrogens is 266 g/mol. The van der Waals surface area contributed by atoms with Crippen molar-refractivity contribution in [2.75, 3.05) is 6.61 Å². The van der Waals surface area contributed by atoms with E-state index in [1.54, 1.807) is 6.92 Å². The second kappa shape index (κ2) is 4.95. The topological polar surface area (TPSA) is 18.5 Å². The molecular formula is C10H8F6O2. The number of ether oxygens (including phenoxy) is 2. The van der Waals surface area contributed by atoms with Crippen molar-refractivity contribution in [1.29, 1.82) is 0 Å². The van der Waals surface area contributed by atoms with Crippen LogP contribution in [0.4, 0.5) is 26.3 Å². The van der Waals surface area contributed by atoms with Gasteiger partial charge in [-0.3, -0.25) is 0 Å². The molecule has 0 atom stereocenters. The average molecular weight is 274 g/mol. The van der Waals surface area contributed by atoms with Crippen molar-refractivity contribution < 1.29 is 35.8 Å². The van der Waals surface area contributed by atoms with Gasteiger partial charge in [0.2, 0.25) is 0 Å². The molecule has 0 radical (unpaired) electrons. The SMILES string of the molecule is CCOc1ccc(C(F)(F)F)c(OC(F)(F)F)c1. The molecule has 0 saturated heterocycles. The van der Waals surface area contributed by atoms with E-state index in [0.29, 0.717) is 12.1 Å². The monoisotopic (exact) mass is 274 g/mol. The van der Waals surface area contributed by atoms with Crippen molar-refractivity contribution >= 4 is 0 Å². The van der Waals surface area contributed by atoms with Crippen molar-refractivity contribution in [1.82, 2.24) is 0 Å². The average Bonchev–Trinajstić information content (AvgIpc) is 2.13. The molecule has 1 aromatic carbocycles. The fourth-order valence-corrected chi connectivity index (χ4v) is 1.20. The highest BCUT2D eigenvalue weighted by Gasteiger charge is 2.39. The minimum absolute atomic E-state index is 0.108. The highest BCUT2D eigenvalue weighted by Crippen LogP contribution is 2.40. The Hall–Kier alpha value is -1.60. The Kier molecular flexibility index (Phi) is 3.98. The van der Waals surface area contributed by atoms with Crippen LogP contribution in [0, 0.1) is 0 Å². The molecule has 0 saturated carbocycles. The Morgan fingerprint density at radius 2 is 1.67 bits per heavy atom. The Balaban J connectivity index is 3.18. The number of alkyl halides is 6. The molecule has 0 aliphatic carbocycles. The molecule has 2 nitrogen and oxygen atoms in total. The zero-order valence-electron chi connectivity index (χ0n) is 9.02. The number of hydrogen-bond donors (Lipinski definition) is 0. The summed E-state index contributed by atoms with van der Waals surface area (Å²) < 4.78 is 81.5. The molecule has 0 heterocycles. The van der Waals surface area contributed by atoms with Gasteiger partial charge in [0.1, 0.15) is 11.5 Å². The summed E-state index contributed by atoms with van der Waals surface area (Å²) in [5.41, 5.74) is -1.51. The lowest BCUT2D eigenvalue weighted by atomic mass is 10.2. The van der Waals surface area contributed by atoms with Crippen LogP contribution in [0.1, 0.15) is 12.5 Å². The van der Waals surface area contributed by atoms with Gasteiger partial charge in [0.15, 0.2) is 0 Å². The van der Waals surface area contributed by atoms with Crippen LogP contribution < -0.4 is 9.47 Å². The van der Waals surface area contributed by atoms with Crippen LogP contribution in [-0.4, -0.2) is 13.0 Å². The molecule has 1 aromatic rings. The van der Waals surface area contributed by atoms with Gasteiger partial charge in [0.25, 0.3) is 0 Å². The maximum absolute atomic E-state index is 12.5. The Bertz CT molecular complexity index is 410. The fourth-order valence-electron chi connectivity index (χ4n) is 1.20. The predicted octanol–water partition coefficient (Wildman–Crippen LogP) is 4.00. The molecule has 0 unspecified atom stereocenters. The molecule has 0 amide bonds. The smallest absolute Gasteiger partial charge is 0.494 e. The first-order valence-corrected chi connectivity index (χ1v) is 4.73. The molecule has 1 rings (SSSR count). The number of halogens is 6. The van der Waals surface area contributed by atoms with E-state index in [1.807, 2.05) is 0 Å². The second-order valence-corrected chi connectivity index (χ2v) is 3.14. The Labute approximate surface area is 98.1 Å². The number of rotatable bonds is 3. The molecule has 8 heteroatoms. The van der Waals surface area contributed by atoms with Gasteiger partial charge in [0.05, 0.1) is 12.2 Å². The third-order valence-corrected chi connectivity index (χ3v) is 1.80. The van der Waals surface area contributed by atoms with E-state index < -0.39 is 23.9 Å². The summed E-state index contributed by atoms with van der Waals surface area (Å²) in [4.78, 5) is 0. The van der Waals surface area contributed by atoms with Crippen LogP contribution in [0.15, 0.2) is 18.2 Å². The zero-order valence-corrected chi connectivity index (χ0v) is 9.02. The molecule has 0 aromatic heterocycles. The van der Waals surface area contributed by atoms with Crippen LogP contribution in [0.5, 0.6) is 11.5 Å². The van der Waals surface area contributed by atoms with Gasteiger partial charge >= 0.3 is 12.5 Å². The summed E-state index contributed by atoms with van der Waals surface area (Å²) in [6, 6.07) is 1.96. The van der Waals surface area contributed by atoms with Crippen LogP contribution >= 0.6 is 0 Å². The van der Waals surface area contributed by atoms with Crippen molar-refractivity contribution in [2.45, 2.75) is 19.5 Å². The highest BCUT2D eigenvalue weighted by atomic mass is 19.4. The van der Waals surface area contributed by atoms with E-state index >= 15 is 0 Å².